The van der Waals surface area contributed by atoms with Gasteiger partial charge in [-0.25, -0.2) is 8.42 Å². The molecule has 0 bridgehead atoms. The highest BCUT2D eigenvalue weighted by molar-refractivity contribution is 9.10. The van der Waals surface area contributed by atoms with Crippen molar-refractivity contribution < 1.29 is 13.2 Å². The Morgan fingerprint density at radius 2 is 2.10 bits per heavy atom. The van der Waals surface area contributed by atoms with Crippen LogP contribution >= 0.6 is 26.6 Å². The van der Waals surface area contributed by atoms with Crippen LogP contribution in [0, 0.1) is 6.92 Å². The summed E-state index contributed by atoms with van der Waals surface area (Å²) in [4.78, 5) is 15.9. The van der Waals surface area contributed by atoms with Crippen LogP contribution in [0.5, 0.6) is 0 Å². The van der Waals surface area contributed by atoms with Gasteiger partial charge in [0, 0.05) is 27.5 Å². The third-order valence-corrected chi connectivity index (χ3v) is 4.82. The molecule has 1 heterocycles. The number of pyridine rings is 1. The number of hydrogen-bond acceptors (Lipinski definition) is 4. The number of benzene rings is 1. The van der Waals surface area contributed by atoms with Crippen molar-refractivity contribution in [2.45, 2.75) is 11.8 Å². The van der Waals surface area contributed by atoms with Crippen molar-refractivity contribution in [3.8, 4) is 0 Å². The summed E-state index contributed by atoms with van der Waals surface area (Å²) in [5.41, 5.74) is 1.29. The van der Waals surface area contributed by atoms with E-state index in [-0.39, 0.29) is 10.8 Å². The van der Waals surface area contributed by atoms with Crippen molar-refractivity contribution >= 4 is 47.3 Å². The normalized spacial score (nSPS) is 11.2. The summed E-state index contributed by atoms with van der Waals surface area (Å²) in [6, 6.07) is 6.17. The van der Waals surface area contributed by atoms with Gasteiger partial charge in [0.25, 0.3) is 15.0 Å². The summed E-state index contributed by atoms with van der Waals surface area (Å²) in [5.74, 6) is -0.343. The van der Waals surface area contributed by atoms with E-state index < -0.39 is 9.05 Å². The third kappa shape index (κ3) is 3.81. The highest BCUT2D eigenvalue weighted by atomic mass is 79.9. The molecule has 0 saturated carbocycles. The molecule has 0 aliphatic carbocycles. The molecular formula is C13H10BrClN2O3S. The Hall–Kier alpha value is -1.44. The van der Waals surface area contributed by atoms with Gasteiger partial charge in [-0.1, -0.05) is 0 Å². The molecule has 21 heavy (non-hydrogen) atoms. The van der Waals surface area contributed by atoms with Crippen LogP contribution in [0.4, 0.5) is 5.69 Å². The zero-order valence-electron chi connectivity index (χ0n) is 10.8. The fourth-order valence-electron chi connectivity index (χ4n) is 1.71. The van der Waals surface area contributed by atoms with Crippen molar-refractivity contribution in [2.24, 2.45) is 0 Å². The first-order valence-corrected chi connectivity index (χ1v) is 8.85. The number of halogens is 2. The first kappa shape index (κ1) is 15.9. The number of nitrogens with one attached hydrogen (secondary N) is 1. The zero-order valence-corrected chi connectivity index (χ0v) is 14.0. The van der Waals surface area contributed by atoms with E-state index in [0.717, 1.165) is 0 Å². The summed E-state index contributed by atoms with van der Waals surface area (Å²) in [6.45, 7) is 1.60. The van der Waals surface area contributed by atoms with E-state index in [1.165, 1.54) is 18.3 Å². The lowest BCUT2D eigenvalue weighted by Gasteiger charge is -2.10. The Balaban J connectivity index is 2.34. The molecule has 2 aromatic rings. The molecule has 0 atom stereocenters. The van der Waals surface area contributed by atoms with Gasteiger partial charge in [-0.15, -0.1) is 0 Å². The Labute approximate surface area is 134 Å². The number of nitrogens with zero attached hydrogens (tertiary/aromatic N) is 1. The Morgan fingerprint density at radius 1 is 1.38 bits per heavy atom. The lowest BCUT2D eigenvalue weighted by molar-refractivity contribution is 0.102. The van der Waals surface area contributed by atoms with Gasteiger partial charge in [-0.3, -0.25) is 9.78 Å². The Morgan fingerprint density at radius 3 is 2.67 bits per heavy atom. The van der Waals surface area contributed by atoms with Crippen molar-refractivity contribution in [3.05, 3.63) is 52.3 Å². The Kier molecular flexibility index (Phi) is 4.65. The van der Waals surface area contributed by atoms with Gasteiger partial charge < -0.3 is 5.32 Å². The molecule has 0 aliphatic rings. The fourth-order valence-corrected chi connectivity index (χ4v) is 3.51. The second-order valence-corrected chi connectivity index (χ2v) is 7.62. The molecule has 2 rings (SSSR count). The van der Waals surface area contributed by atoms with Crippen molar-refractivity contribution in [2.75, 3.05) is 5.32 Å². The van der Waals surface area contributed by atoms with Gasteiger partial charge in [0.1, 0.15) is 0 Å². The van der Waals surface area contributed by atoms with Crippen LogP contribution in [0.3, 0.4) is 0 Å². The maximum atomic E-state index is 12.0. The number of aromatic nitrogens is 1. The maximum Gasteiger partial charge on any atom is 0.261 e. The topological polar surface area (TPSA) is 76.1 Å². The maximum absolute atomic E-state index is 12.0. The lowest BCUT2D eigenvalue weighted by Crippen LogP contribution is -2.13. The van der Waals surface area contributed by atoms with E-state index in [4.69, 9.17) is 10.7 Å². The first-order chi connectivity index (χ1) is 9.79. The predicted molar refractivity (Wildman–Crippen MR) is 84.1 cm³/mol. The van der Waals surface area contributed by atoms with E-state index >= 15 is 0 Å². The molecule has 110 valence electrons. The average molecular weight is 390 g/mol. The summed E-state index contributed by atoms with van der Waals surface area (Å²) >= 11 is 3.22. The monoisotopic (exact) mass is 388 g/mol. The second-order valence-electron chi connectivity index (χ2n) is 4.23. The first-order valence-electron chi connectivity index (χ1n) is 5.75. The van der Waals surface area contributed by atoms with Crippen LogP contribution < -0.4 is 5.32 Å². The number of carbonyl (C=O) groups is 1. The average Bonchev–Trinajstić information content (AvgIpc) is 2.42. The highest BCUT2D eigenvalue weighted by Gasteiger charge is 2.17. The van der Waals surface area contributed by atoms with E-state index in [2.05, 4.69) is 26.2 Å². The molecule has 1 aromatic carbocycles. The minimum absolute atomic E-state index is 0.00424. The number of amides is 1. The van der Waals surface area contributed by atoms with Gasteiger partial charge in [0.2, 0.25) is 0 Å². The van der Waals surface area contributed by atoms with E-state index in [0.29, 0.717) is 21.3 Å². The van der Waals surface area contributed by atoms with E-state index in [1.807, 2.05) is 0 Å². The molecule has 0 aliphatic heterocycles. The zero-order chi connectivity index (χ0) is 15.6. The molecule has 0 saturated heterocycles. The molecule has 1 amide bonds. The molecular weight excluding hydrogens is 380 g/mol. The van der Waals surface area contributed by atoms with Crippen LogP contribution in [-0.2, 0) is 9.05 Å². The molecule has 8 heteroatoms. The van der Waals surface area contributed by atoms with Crippen LogP contribution in [0.1, 0.15) is 15.9 Å². The van der Waals surface area contributed by atoms with Crippen LogP contribution in [0.15, 0.2) is 46.0 Å². The van der Waals surface area contributed by atoms with E-state index in [1.54, 1.807) is 25.3 Å². The summed E-state index contributed by atoms with van der Waals surface area (Å²) in [5, 5.41) is 2.68. The van der Waals surface area contributed by atoms with Crippen molar-refractivity contribution in [1.82, 2.24) is 4.98 Å². The summed E-state index contributed by atoms with van der Waals surface area (Å²) < 4.78 is 23.2. The van der Waals surface area contributed by atoms with Gasteiger partial charge in [0.15, 0.2) is 0 Å². The standard InChI is InChI=1S/C13H10BrClN2O3S/c1-8-5-11(10(14)6-12(8)21(15,19)20)17-13(18)9-3-2-4-16-7-9/h2-7H,1H3,(H,17,18). The molecule has 0 spiro atoms. The fraction of sp³-hybridized carbons (Fsp3) is 0.0769. The van der Waals surface area contributed by atoms with Crippen molar-refractivity contribution in [1.29, 1.82) is 0 Å². The minimum Gasteiger partial charge on any atom is -0.321 e. The quantitative estimate of drug-likeness (QED) is 0.817. The molecule has 1 N–H and O–H groups in total. The second kappa shape index (κ2) is 6.13. The number of anilines is 1. The summed E-state index contributed by atoms with van der Waals surface area (Å²) in [7, 11) is 1.51. The van der Waals surface area contributed by atoms with Gasteiger partial charge in [-0.2, -0.15) is 0 Å². The van der Waals surface area contributed by atoms with Gasteiger partial charge in [0.05, 0.1) is 16.1 Å². The number of rotatable bonds is 3. The smallest absolute Gasteiger partial charge is 0.261 e. The van der Waals surface area contributed by atoms with Crippen LogP contribution in [0.25, 0.3) is 0 Å². The molecule has 0 radical (unpaired) electrons. The number of carbonyl (C=O) groups excluding carboxylic acids is 1. The summed E-state index contributed by atoms with van der Waals surface area (Å²) in [6.07, 6.45) is 3.00. The highest BCUT2D eigenvalue weighted by Crippen LogP contribution is 2.30. The predicted octanol–water partition coefficient (Wildman–Crippen LogP) is 3.33. The van der Waals surface area contributed by atoms with E-state index in [9.17, 15) is 13.2 Å². The van der Waals surface area contributed by atoms with Gasteiger partial charge in [-0.05, 0) is 52.7 Å². The molecule has 0 unspecified atom stereocenters. The minimum atomic E-state index is -3.83. The molecule has 0 fully saturated rings. The molecule has 5 nitrogen and oxygen atoms in total. The number of hydrogen-bond donors (Lipinski definition) is 1. The van der Waals surface area contributed by atoms with Crippen LogP contribution in [0.2, 0.25) is 0 Å². The third-order valence-electron chi connectivity index (χ3n) is 2.70. The largest absolute Gasteiger partial charge is 0.321 e. The Bertz CT molecular complexity index is 795. The number of aryl methyl sites for hydroxylation is 1. The van der Waals surface area contributed by atoms with Crippen LogP contribution in [-0.4, -0.2) is 19.3 Å². The molecule has 1 aromatic heterocycles. The van der Waals surface area contributed by atoms with Gasteiger partial charge >= 0.3 is 0 Å². The van der Waals surface area contributed by atoms with Crippen molar-refractivity contribution in [3.63, 3.8) is 0 Å². The lowest BCUT2D eigenvalue weighted by atomic mass is 10.2. The SMILES string of the molecule is Cc1cc(NC(=O)c2cccnc2)c(Br)cc1S(=O)(=O)Cl.